The summed E-state index contributed by atoms with van der Waals surface area (Å²) in [6.07, 6.45) is 0. The van der Waals surface area contributed by atoms with Gasteiger partial charge >= 0.3 is 0 Å². The summed E-state index contributed by atoms with van der Waals surface area (Å²) in [6.45, 7) is 2.34. The molecule has 2 rings (SSSR count). The fourth-order valence-electron chi connectivity index (χ4n) is 1.71. The molecule has 2 aromatic rings. The first-order valence-electron chi connectivity index (χ1n) is 5.27. The number of aromatic amines is 1. The van der Waals surface area contributed by atoms with Gasteiger partial charge in [-0.1, -0.05) is 0 Å². The second-order valence-corrected chi connectivity index (χ2v) is 3.81. The van der Waals surface area contributed by atoms with Crippen molar-refractivity contribution in [1.82, 2.24) is 15.3 Å². The van der Waals surface area contributed by atoms with Crippen LogP contribution in [-0.4, -0.2) is 17.0 Å². The molecule has 1 aromatic carbocycles. The maximum Gasteiger partial charge on any atom is 0.132 e. The summed E-state index contributed by atoms with van der Waals surface area (Å²) in [5.74, 6) is -0.250. The second-order valence-electron chi connectivity index (χ2n) is 3.81. The largest absolute Gasteiger partial charge is 0.344 e. The van der Waals surface area contributed by atoms with E-state index in [9.17, 15) is 8.78 Å². The van der Waals surface area contributed by atoms with Crippen molar-refractivity contribution in [2.24, 2.45) is 0 Å². The number of aromatic nitrogens is 2. The van der Waals surface area contributed by atoms with Crippen LogP contribution in [0.25, 0.3) is 11.3 Å². The average molecular weight is 237 g/mol. The Labute approximate surface area is 97.9 Å². The van der Waals surface area contributed by atoms with Gasteiger partial charge in [-0.15, -0.1) is 0 Å². The molecule has 0 spiro atoms. The van der Waals surface area contributed by atoms with Crippen molar-refractivity contribution in [2.75, 3.05) is 7.05 Å². The predicted molar refractivity (Wildman–Crippen MR) is 61.4 cm³/mol. The zero-order valence-electron chi connectivity index (χ0n) is 9.64. The van der Waals surface area contributed by atoms with Gasteiger partial charge in [0.1, 0.15) is 17.5 Å². The SMILES string of the molecule is CNCc1nc(-c2cc(F)ccc2F)c(C)[nH]1. The minimum Gasteiger partial charge on any atom is -0.344 e. The van der Waals surface area contributed by atoms with Gasteiger partial charge in [0, 0.05) is 11.3 Å². The number of nitrogens with one attached hydrogen (secondary N) is 2. The first-order chi connectivity index (χ1) is 8.11. The normalized spacial score (nSPS) is 10.8. The maximum atomic E-state index is 13.6. The van der Waals surface area contributed by atoms with E-state index in [-0.39, 0.29) is 5.56 Å². The van der Waals surface area contributed by atoms with Gasteiger partial charge in [0.25, 0.3) is 0 Å². The molecule has 0 radical (unpaired) electrons. The van der Waals surface area contributed by atoms with Crippen LogP contribution < -0.4 is 5.32 Å². The Balaban J connectivity index is 2.48. The van der Waals surface area contributed by atoms with E-state index >= 15 is 0 Å². The standard InChI is InChI=1S/C12H13F2N3/c1-7-12(17-11(16-7)6-15-2)9-5-8(13)3-4-10(9)14/h3-5,15H,6H2,1-2H3,(H,16,17). The Morgan fingerprint density at radius 1 is 1.35 bits per heavy atom. The molecule has 1 heterocycles. The topological polar surface area (TPSA) is 40.7 Å². The number of nitrogens with zero attached hydrogens (tertiary/aromatic N) is 1. The molecule has 1 aromatic heterocycles. The van der Waals surface area contributed by atoms with Crippen LogP contribution in [0.5, 0.6) is 0 Å². The van der Waals surface area contributed by atoms with Crippen LogP contribution in [0.15, 0.2) is 18.2 Å². The van der Waals surface area contributed by atoms with E-state index < -0.39 is 11.6 Å². The zero-order chi connectivity index (χ0) is 12.4. The van der Waals surface area contributed by atoms with E-state index in [0.29, 0.717) is 18.1 Å². The summed E-state index contributed by atoms with van der Waals surface area (Å²) in [5, 5.41) is 2.94. The lowest BCUT2D eigenvalue weighted by atomic mass is 10.1. The number of aryl methyl sites for hydroxylation is 1. The molecule has 0 unspecified atom stereocenters. The monoisotopic (exact) mass is 237 g/mol. The van der Waals surface area contributed by atoms with E-state index in [1.54, 1.807) is 14.0 Å². The third-order valence-corrected chi connectivity index (χ3v) is 2.46. The van der Waals surface area contributed by atoms with E-state index in [1.807, 2.05) is 0 Å². The van der Waals surface area contributed by atoms with Gasteiger partial charge in [-0.3, -0.25) is 0 Å². The molecule has 0 saturated heterocycles. The van der Waals surface area contributed by atoms with E-state index in [1.165, 1.54) is 0 Å². The Bertz CT molecular complexity index is 535. The molecule has 0 atom stereocenters. The van der Waals surface area contributed by atoms with Crippen molar-refractivity contribution in [3.8, 4) is 11.3 Å². The first kappa shape index (κ1) is 11.7. The number of benzene rings is 1. The number of halogens is 2. The third-order valence-electron chi connectivity index (χ3n) is 2.46. The minimum atomic E-state index is -0.475. The molecule has 0 saturated carbocycles. The fraction of sp³-hybridized carbons (Fsp3) is 0.250. The van der Waals surface area contributed by atoms with Gasteiger partial charge in [-0.05, 0) is 32.2 Å². The lowest BCUT2D eigenvalue weighted by Gasteiger charge is -2.00. The molecular formula is C12H13F2N3. The van der Waals surface area contributed by atoms with Crippen molar-refractivity contribution in [3.63, 3.8) is 0 Å². The summed E-state index contributed by atoms with van der Waals surface area (Å²) >= 11 is 0. The average Bonchev–Trinajstić information content (AvgIpc) is 2.64. The Kier molecular flexibility index (Phi) is 3.19. The number of hydrogen-bond donors (Lipinski definition) is 2. The molecule has 3 nitrogen and oxygen atoms in total. The summed E-state index contributed by atoms with van der Waals surface area (Å²) in [4.78, 5) is 7.27. The molecular weight excluding hydrogens is 224 g/mol. The second kappa shape index (κ2) is 4.63. The summed E-state index contributed by atoms with van der Waals surface area (Å²) in [5.41, 5.74) is 1.35. The first-order valence-corrected chi connectivity index (χ1v) is 5.27. The molecule has 0 bridgehead atoms. The molecule has 0 amide bonds. The Morgan fingerprint density at radius 3 is 2.82 bits per heavy atom. The number of H-pyrrole nitrogens is 1. The van der Waals surface area contributed by atoms with Gasteiger partial charge in [0.05, 0.1) is 12.2 Å². The molecule has 90 valence electrons. The highest BCUT2D eigenvalue weighted by Gasteiger charge is 2.13. The summed E-state index contributed by atoms with van der Waals surface area (Å²) in [6, 6.07) is 3.35. The highest BCUT2D eigenvalue weighted by molar-refractivity contribution is 5.62. The van der Waals surface area contributed by atoms with Gasteiger partial charge in [-0.25, -0.2) is 13.8 Å². The predicted octanol–water partition coefficient (Wildman–Crippen LogP) is 2.38. The summed E-state index contributed by atoms with van der Waals surface area (Å²) < 4.78 is 26.7. The quantitative estimate of drug-likeness (QED) is 0.860. The van der Waals surface area contributed by atoms with Crippen LogP contribution in [0.2, 0.25) is 0 Å². The van der Waals surface area contributed by atoms with E-state index in [0.717, 1.165) is 23.9 Å². The van der Waals surface area contributed by atoms with Gasteiger partial charge in [-0.2, -0.15) is 0 Å². The molecule has 0 aliphatic heterocycles. The Hall–Kier alpha value is -1.75. The van der Waals surface area contributed by atoms with Crippen LogP contribution >= 0.6 is 0 Å². The smallest absolute Gasteiger partial charge is 0.132 e. The molecule has 17 heavy (non-hydrogen) atoms. The van der Waals surface area contributed by atoms with Crippen molar-refractivity contribution in [1.29, 1.82) is 0 Å². The molecule has 0 aliphatic rings. The van der Waals surface area contributed by atoms with Crippen LogP contribution in [0.4, 0.5) is 8.78 Å². The highest BCUT2D eigenvalue weighted by Crippen LogP contribution is 2.24. The molecule has 0 aliphatic carbocycles. The Morgan fingerprint density at radius 2 is 2.12 bits per heavy atom. The number of hydrogen-bond acceptors (Lipinski definition) is 2. The van der Waals surface area contributed by atoms with Crippen LogP contribution in [-0.2, 0) is 6.54 Å². The van der Waals surface area contributed by atoms with Gasteiger partial charge in [0.15, 0.2) is 0 Å². The van der Waals surface area contributed by atoms with E-state index in [2.05, 4.69) is 15.3 Å². The van der Waals surface area contributed by atoms with Crippen molar-refractivity contribution < 1.29 is 8.78 Å². The number of rotatable bonds is 3. The zero-order valence-corrected chi connectivity index (χ0v) is 9.64. The highest BCUT2D eigenvalue weighted by atomic mass is 19.1. The lowest BCUT2D eigenvalue weighted by Crippen LogP contribution is -2.06. The van der Waals surface area contributed by atoms with Crippen molar-refractivity contribution >= 4 is 0 Å². The van der Waals surface area contributed by atoms with Gasteiger partial charge < -0.3 is 10.3 Å². The lowest BCUT2D eigenvalue weighted by molar-refractivity contribution is 0.602. The van der Waals surface area contributed by atoms with Gasteiger partial charge in [0.2, 0.25) is 0 Å². The minimum absolute atomic E-state index is 0.182. The van der Waals surface area contributed by atoms with Crippen molar-refractivity contribution in [2.45, 2.75) is 13.5 Å². The molecule has 0 fully saturated rings. The number of imidazole rings is 1. The molecule has 5 heteroatoms. The maximum absolute atomic E-state index is 13.6. The fourth-order valence-corrected chi connectivity index (χ4v) is 1.71. The third kappa shape index (κ3) is 2.34. The van der Waals surface area contributed by atoms with E-state index in [4.69, 9.17) is 0 Å². The summed E-state index contributed by atoms with van der Waals surface area (Å²) in [7, 11) is 1.79. The van der Waals surface area contributed by atoms with Crippen LogP contribution in [0.1, 0.15) is 11.5 Å². The molecule has 2 N–H and O–H groups in total. The van der Waals surface area contributed by atoms with Crippen molar-refractivity contribution in [3.05, 3.63) is 41.4 Å². The van der Waals surface area contributed by atoms with Crippen LogP contribution in [0, 0.1) is 18.6 Å². The van der Waals surface area contributed by atoms with Crippen LogP contribution in [0.3, 0.4) is 0 Å².